The third-order valence-electron chi connectivity index (χ3n) is 3.67. The minimum Gasteiger partial charge on any atom is -0.299 e. The SMILES string of the molecule is CCCNC1(C#N)CCCC1CCSCCC. The fourth-order valence-corrected chi connectivity index (χ4v) is 3.65. The second-order valence-corrected chi connectivity index (χ2v) is 6.22. The third-order valence-corrected chi connectivity index (χ3v) is 4.89. The molecular formula is C14H26N2S. The zero-order chi connectivity index (χ0) is 12.6. The molecule has 1 rings (SSSR count). The Morgan fingerprint density at radius 1 is 1.35 bits per heavy atom. The summed E-state index contributed by atoms with van der Waals surface area (Å²) in [5, 5.41) is 13.0. The highest BCUT2D eigenvalue weighted by Crippen LogP contribution is 2.38. The van der Waals surface area contributed by atoms with Gasteiger partial charge in [0.05, 0.1) is 6.07 Å². The summed E-state index contributed by atoms with van der Waals surface area (Å²) in [5.74, 6) is 3.05. The molecule has 1 aliphatic carbocycles. The van der Waals surface area contributed by atoms with Gasteiger partial charge in [-0.3, -0.25) is 5.32 Å². The minimum atomic E-state index is -0.206. The average Bonchev–Trinajstić information content (AvgIpc) is 2.76. The van der Waals surface area contributed by atoms with Crippen LogP contribution < -0.4 is 5.32 Å². The molecule has 0 aromatic rings. The Bertz CT molecular complexity index is 249. The summed E-state index contributed by atoms with van der Waals surface area (Å²) in [4.78, 5) is 0. The predicted molar refractivity (Wildman–Crippen MR) is 76.2 cm³/mol. The molecular weight excluding hydrogens is 228 g/mol. The van der Waals surface area contributed by atoms with Crippen molar-refractivity contribution < 1.29 is 0 Å². The van der Waals surface area contributed by atoms with E-state index in [0.29, 0.717) is 5.92 Å². The Morgan fingerprint density at radius 2 is 2.18 bits per heavy atom. The van der Waals surface area contributed by atoms with Crippen LogP contribution in [0.4, 0.5) is 0 Å². The number of nitrogens with one attached hydrogen (secondary N) is 1. The average molecular weight is 254 g/mol. The van der Waals surface area contributed by atoms with Crippen molar-refractivity contribution in [3.63, 3.8) is 0 Å². The van der Waals surface area contributed by atoms with Crippen LogP contribution >= 0.6 is 11.8 Å². The molecule has 0 bridgehead atoms. The van der Waals surface area contributed by atoms with Crippen molar-refractivity contribution in [3.05, 3.63) is 0 Å². The maximum Gasteiger partial charge on any atom is 0.109 e. The van der Waals surface area contributed by atoms with Crippen LogP contribution in [-0.4, -0.2) is 23.6 Å². The van der Waals surface area contributed by atoms with Gasteiger partial charge in [0.15, 0.2) is 0 Å². The highest BCUT2D eigenvalue weighted by atomic mass is 32.2. The quantitative estimate of drug-likeness (QED) is 0.673. The molecule has 1 aliphatic rings. The fourth-order valence-electron chi connectivity index (χ4n) is 2.71. The second-order valence-electron chi connectivity index (χ2n) is 5.00. The molecule has 0 heterocycles. The van der Waals surface area contributed by atoms with E-state index in [2.05, 4.69) is 25.2 Å². The van der Waals surface area contributed by atoms with Crippen molar-refractivity contribution in [3.8, 4) is 6.07 Å². The topological polar surface area (TPSA) is 35.8 Å². The summed E-state index contributed by atoms with van der Waals surface area (Å²) >= 11 is 2.04. The predicted octanol–water partition coefficient (Wildman–Crippen LogP) is 3.58. The first kappa shape index (κ1) is 14.9. The van der Waals surface area contributed by atoms with E-state index in [1.807, 2.05) is 11.8 Å². The van der Waals surface area contributed by atoms with Crippen LogP contribution in [0.25, 0.3) is 0 Å². The van der Waals surface area contributed by atoms with Crippen molar-refractivity contribution in [1.82, 2.24) is 5.32 Å². The van der Waals surface area contributed by atoms with E-state index in [1.54, 1.807) is 0 Å². The van der Waals surface area contributed by atoms with E-state index in [9.17, 15) is 5.26 Å². The molecule has 98 valence electrons. The molecule has 0 spiro atoms. The van der Waals surface area contributed by atoms with E-state index >= 15 is 0 Å². The summed E-state index contributed by atoms with van der Waals surface area (Å²) in [6.07, 6.45) is 7.07. The summed E-state index contributed by atoms with van der Waals surface area (Å²) in [6, 6.07) is 2.58. The molecule has 0 aromatic heterocycles. The van der Waals surface area contributed by atoms with Crippen molar-refractivity contribution in [2.45, 2.75) is 57.9 Å². The Balaban J connectivity index is 2.42. The first-order valence-corrected chi connectivity index (χ1v) is 8.18. The Morgan fingerprint density at radius 3 is 2.82 bits per heavy atom. The summed E-state index contributed by atoms with van der Waals surface area (Å²) in [6.45, 7) is 5.37. The van der Waals surface area contributed by atoms with E-state index in [0.717, 1.165) is 19.4 Å². The van der Waals surface area contributed by atoms with Crippen LogP contribution in [0.5, 0.6) is 0 Å². The number of hydrogen-bond donors (Lipinski definition) is 1. The van der Waals surface area contributed by atoms with Crippen LogP contribution in [0.15, 0.2) is 0 Å². The van der Waals surface area contributed by atoms with Gasteiger partial charge in [0, 0.05) is 0 Å². The molecule has 2 atom stereocenters. The zero-order valence-corrected chi connectivity index (χ0v) is 12.1. The van der Waals surface area contributed by atoms with Crippen LogP contribution in [-0.2, 0) is 0 Å². The summed E-state index contributed by atoms with van der Waals surface area (Å²) in [5.41, 5.74) is -0.206. The van der Waals surface area contributed by atoms with Gasteiger partial charge in [-0.05, 0) is 56.1 Å². The monoisotopic (exact) mass is 254 g/mol. The highest BCUT2D eigenvalue weighted by Gasteiger charge is 2.42. The minimum absolute atomic E-state index is 0.206. The Labute approximate surface area is 111 Å². The highest BCUT2D eigenvalue weighted by molar-refractivity contribution is 7.99. The Hall–Kier alpha value is -0.200. The number of rotatable bonds is 8. The first-order chi connectivity index (χ1) is 8.29. The molecule has 0 aromatic carbocycles. The molecule has 2 nitrogen and oxygen atoms in total. The molecule has 0 amide bonds. The van der Waals surface area contributed by atoms with Crippen LogP contribution in [0, 0.1) is 17.2 Å². The van der Waals surface area contributed by atoms with Gasteiger partial charge in [-0.15, -0.1) is 0 Å². The van der Waals surface area contributed by atoms with Gasteiger partial charge in [-0.25, -0.2) is 0 Å². The van der Waals surface area contributed by atoms with Crippen molar-refractivity contribution in [2.75, 3.05) is 18.1 Å². The first-order valence-electron chi connectivity index (χ1n) is 7.03. The van der Waals surface area contributed by atoms with E-state index in [-0.39, 0.29) is 5.54 Å². The number of nitriles is 1. The number of hydrogen-bond acceptors (Lipinski definition) is 3. The molecule has 3 heteroatoms. The van der Waals surface area contributed by atoms with Crippen molar-refractivity contribution in [1.29, 1.82) is 5.26 Å². The van der Waals surface area contributed by atoms with Crippen molar-refractivity contribution >= 4 is 11.8 Å². The maximum absolute atomic E-state index is 9.50. The van der Waals surface area contributed by atoms with Gasteiger partial charge in [-0.1, -0.05) is 20.3 Å². The van der Waals surface area contributed by atoms with Crippen LogP contribution in [0.2, 0.25) is 0 Å². The van der Waals surface area contributed by atoms with E-state index in [1.165, 1.54) is 37.2 Å². The fraction of sp³-hybridized carbons (Fsp3) is 0.929. The smallest absolute Gasteiger partial charge is 0.109 e. The number of thioether (sulfide) groups is 1. The van der Waals surface area contributed by atoms with Crippen LogP contribution in [0.1, 0.15) is 52.4 Å². The molecule has 0 saturated heterocycles. The Kier molecular flexibility index (Phi) is 6.99. The van der Waals surface area contributed by atoms with Crippen LogP contribution in [0.3, 0.4) is 0 Å². The summed E-state index contributed by atoms with van der Waals surface area (Å²) < 4.78 is 0. The van der Waals surface area contributed by atoms with Gasteiger partial charge in [0.1, 0.15) is 5.54 Å². The lowest BCUT2D eigenvalue weighted by Gasteiger charge is -2.30. The van der Waals surface area contributed by atoms with Gasteiger partial charge in [0.2, 0.25) is 0 Å². The molecule has 1 fully saturated rings. The lowest BCUT2D eigenvalue weighted by atomic mass is 9.86. The van der Waals surface area contributed by atoms with Gasteiger partial charge in [0.25, 0.3) is 0 Å². The van der Waals surface area contributed by atoms with E-state index in [4.69, 9.17) is 0 Å². The molecule has 17 heavy (non-hydrogen) atoms. The van der Waals surface area contributed by atoms with Crippen molar-refractivity contribution in [2.24, 2.45) is 5.92 Å². The standard InChI is InChI=1S/C14H26N2S/c1-3-9-16-14(12-15)8-5-6-13(14)7-11-17-10-4-2/h13,16H,3-11H2,1-2H3. The molecule has 2 unspecified atom stereocenters. The lowest BCUT2D eigenvalue weighted by molar-refractivity contribution is 0.311. The molecule has 0 radical (unpaired) electrons. The third kappa shape index (κ3) is 4.19. The van der Waals surface area contributed by atoms with Gasteiger partial charge < -0.3 is 0 Å². The molecule has 0 aliphatic heterocycles. The molecule has 1 saturated carbocycles. The zero-order valence-electron chi connectivity index (χ0n) is 11.3. The number of nitrogens with zero attached hydrogens (tertiary/aromatic N) is 1. The molecule has 1 N–H and O–H groups in total. The summed E-state index contributed by atoms with van der Waals surface area (Å²) in [7, 11) is 0. The van der Waals surface area contributed by atoms with Gasteiger partial charge >= 0.3 is 0 Å². The normalized spacial score (nSPS) is 28.2. The largest absolute Gasteiger partial charge is 0.299 e. The maximum atomic E-state index is 9.50. The van der Waals surface area contributed by atoms with E-state index < -0.39 is 0 Å². The van der Waals surface area contributed by atoms with Gasteiger partial charge in [-0.2, -0.15) is 17.0 Å². The second kappa shape index (κ2) is 8.00. The lowest BCUT2D eigenvalue weighted by Crippen LogP contribution is -2.47.